The molecule has 0 heterocycles. The second-order valence-electron chi connectivity index (χ2n) is 9.16. The SMILES string of the molecule is CC(C)(C)[CH2][In-]([CH2]C(C)(C)C)[CH2]C(C)(C)C.[K+]. The van der Waals surface area contributed by atoms with Crippen LogP contribution in [0.4, 0.5) is 0 Å². The predicted octanol–water partition coefficient (Wildman–Crippen LogP) is 2.62. The smallest absolute Gasteiger partial charge is 1.00 e. The average Bonchev–Trinajstić information content (AvgIpc) is 1.70. The van der Waals surface area contributed by atoms with Crippen LogP contribution in [0.2, 0.25) is 12.5 Å². The molecule has 0 spiro atoms. The zero-order valence-corrected chi connectivity index (χ0v) is 20.6. The monoisotopic (exact) mass is 367 g/mol. The van der Waals surface area contributed by atoms with Crippen LogP contribution in [0, 0.1) is 16.2 Å². The van der Waals surface area contributed by atoms with Crippen LogP contribution in [-0.4, -0.2) is 21.4 Å². The molecule has 0 aromatic heterocycles. The minimum Gasteiger partial charge on any atom is 1.00 e. The van der Waals surface area contributed by atoms with Crippen molar-refractivity contribution in [3.05, 3.63) is 0 Å². The Morgan fingerprint density at radius 2 is 0.706 bits per heavy atom. The molecule has 1 radical (unpaired) electrons. The maximum atomic E-state index is 2.42. The molecule has 97 valence electrons. The van der Waals surface area contributed by atoms with E-state index in [0.717, 1.165) is 0 Å². The number of rotatable bonds is 3. The van der Waals surface area contributed by atoms with Crippen LogP contribution in [0.1, 0.15) is 62.3 Å². The third-order valence-corrected chi connectivity index (χ3v) is 18.1. The van der Waals surface area contributed by atoms with Crippen molar-refractivity contribution in [2.24, 2.45) is 16.2 Å². The first kappa shape index (κ1) is 21.8. The molecule has 0 aliphatic heterocycles. The van der Waals surface area contributed by atoms with Gasteiger partial charge in [0.15, 0.2) is 0 Å². The van der Waals surface area contributed by atoms with Crippen molar-refractivity contribution in [1.29, 1.82) is 0 Å². The Morgan fingerprint density at radius 1 is 0.529 bits per heavy atom. The molecular weight excluding hydrogens is 334 g/mol. The molecule has 0 aromatic rings. The van der Waals surface area contributed by atoms with Gasteiger partial charge in [0.2, 0.25) is 0 Å². The summed E-state index contributed by atoms with van der Waals surface area (Å²) in [5.41, 5.74) is 1.66. The van der Waals surface area contributed by atoms with E-state index >= 15 is 0 Å². The van der Waals surface area contributed by atoms with E-state index in [2.05, 4.69) is 62.3 Å². The van der Waals surface area contributed by atoms with Crippen molar-refractivity contribution in [1.82, 2.24) is 0 Å². The predicted molar refractivity (Wildman–Crippen MR) is 78.5 cm³/mol. The molecule has 0 aliphatic rings. The number of hydrogen-bond acceptors (Lipinski definition) is 0. The largest absolute Gasteiger partial charge is 1.00 e. The van der Waals surface area contributed by atoms with Gasteiger partial charge in [0.05, 0.1) is 0 Å². The molecule has 17 heavy (non-hydrogen) atoms. The second-order valence-corrected chi connectivity index (χ2v) is 17.6. The van der Waals surface area contributed by atoms with E-state index in [1.165, 1.54) is 0 Å². The van der Waals surface area contributed by atoms with E-state index in [9.17, 15) is 0 Å². The molecule has 0 rings (SSSR count). The Balaban J connectivity index is 0. The Kier molecular flexibility index (Phi) is 10.4. The van der Waals surface area contributed by atoms with Gasteiger partial charge in [-0.2, -0.15) is 0 Å². The Labute approximate surface area is 161 Å². The summed E-state index contributed by atoms with van der Waals surface area (Å²) < 4.78 is 4.68. The van der Waals surface area contributed by atoms with Gasteiger partial charge in [0, 0.05) is 0 Å². The van der Waals surface area contributed by atoms with Crippen molar-refractivity contribution >= 4 is 21.4 Å². The summed E-state index contributed by atoms with van der Waals surface area (Å²) in [5.74, 6) is 0. The van der Waals surface area contributed by atoms with Crippen molar-refractivity contribution in [2.45, 2.75) is 74.8 Å². The molecule has 0 aliphatic carbocycles. The van der Waals surface area contributed by atoms with Gasteiger partial charge in [-0.05, 0) is 0 Å². The number of hydrogen-bond donors (Lipinski definition) is 0. The van der Waals surface area contributed by atoms with Crippen LogP contribution < -0.4 is 51.4 Å². The van der Waals surface area contributed by atoms with Crippen LogP contribution in [0.25, 0.3) is 0 Å². The summed E-state index contributed by atoms with van der Waals surface area (Å²) in [4.78, 5) is 0. The zero-order chi connectivity index (χ0) is 13.2. The van der Waals surface area contributed by atoms with Gasteiger partial charge >= 0.3 is 164 Å². The standard InChI is InChI=1S/3C5H11.In.K/c3*1-5(2,3)4;;/h3*1H2,2-4H3;;/q;;;-1;+1. The van der Waals surface area contributed by atoms with E-state index in [0.29, 0.717) is 16.2 Å². The Hall–Kier alpha value is 2.51. The summed E-state index contributed by atoms with van der Waals surface area (Å²) in [6.07, 6.45) is 0. The van der Waals surface area contributed by atoms with Crippen molar-refractivity contribution in [3.63, 3.8) is 0 Å². The molecule has 0 amide bonds. The fourth-order valence-corrected chi connectivity index (χ4v) is 18.9. The minimum absolute atomic E-state index is 0. The fourth-order valence-electron chi connectivity index (χ4n) is 2.81. The van der Waals surface area contributed by atoms with E-state index in [1.807, 2.05) is 0 Å². The molecule has 0 atom stereocenters. The molecule has 0 nitrogen and oxygen atoms in total. The maximum absolute atomic E-state index is 2.42. The van der Waals surface area contributed by atoms with Crippen LogP contribution in [0.5, 0.6) is 0 Å². The van der Waals surface area contributed by atoms with Crippen LogP contribution >= 0.6 is 0 Å². The molecule has 0 N–H and O–H groups in total. The summed E-state index contributed by atoms with van der Waals surface area (Å²) in [6, 6.07) is 0. The van der Waals surface area contributed by atoms with Gasteiger partial charge in [0.25, 0.3) is 0 Å². The molecule has 2 heteroatoms. The summed E-state index contributed by atoms with van der Waals surface area (Å²) in [5, 5.41) is 0. The van der Waals surface area contributed by atoms with Crippen molar-refractivity contribution in [2.75, 3.05) is 0 Å². The van der Waals surface area contributed by atoms with E-state index < -0.39 is 21.4 Å². The molecule has 0 aromatic carbocycles. The van der Waals surface area contributed by atoms with Crippen LogP contribution in [-0.2, 0) is 0 Å². The third-order valence-electron chi connectivity index (χ3n) is 2.70. The summed E-state index contributed by atoms with van der Waals surface area (Å²) in [6.45, 7) is 21.8. The molecular formula is C15H33InK. The molecule has 0 fully saturated rings. The minimum atomic E-state index is -1.36. The van der Waals surface area contributed by atoms with Crippen LogP contribution in [0.3, 0.4) is 0 Å². The molecule has 0 saturated carbocycles. The Bertz CT molecular complexity index is 164. The average molecular weight is 367 g/mol. The van der Waals surface area contributed by atoms with E-state index in [-0.39, 0.29) is 51.4 Å². The maximum Gasteiger partial charge on any atom is 1.00 e. The van der Waals surface area contributed by atoms with Gasteiger partial charge in [-0.25, -0.2) is 0 Å². The van der Waals surface area contributed by atoms with Gasteiger partial charge < -0.3 is 0 Å². The first-order valence-corrected chi connectivity index (χ1v) is 13.8. The first-order valence-electron chi connectivity index (χ1n) is 6.79. The summed E-state index contributed by atoms with van der Waals surface area (Å²) >= 11 is -1.36. The van der Waals surface area contributed by atoms with Gasteiger partial charge in [-0.1, -0.05) is 0 Å². The van der Waals surface area contributed by atoms with Crippen LogP contribution in [0.15, 0.2) is 0 Å². The second kappa shape index (κ2) is 8.07. The first-order chi connectivity index (χ1) is 6.79. The van der Waals surface area contributed by atoms with Crippen molar-refractivity contribution < 1.29 is 51.4 Å². The van der Waals surface area contributed by atoms with E-state index in [1.54, 1.807) is 12.5 Å². The molecule has 0 unspecified atom stereocenters. The van der Waals surface area contributed by atoms with Gasteiger partial charge in [-0.3, -0.25) is 0 Å². The van der Waals surface area contributed by atoms with Gasteiger partial charge in [0.1, 0.15) is 0 Å². The summed E-state index contributed by atoms with van der Waals surface area (Å²) in [7, 11) is 0. The van der Waals surface area contributed by atoms with E-state index in [4.69, 9.17) is 0 Å². The normalized spacial score (nSPS) is 13.8. The topological polar surface area (TPSA) is 0 Å². The fraction of sp³-hybridized carbons (Fsp3) is 1.00. The third kappa shape index (κ3) is 16.5. The van der Waals surface area contributed by atoms with Crippen molar-refractivity contribution in [3.8, 4) is 0 Å². The molecule has 0 bridgehead atoms. The zero-order valence-electron chi connectivity index (χ0n) is 14.2. The quantitative estimate of drug-likeness (QED) is 0.673. The Morgan fingerprint density at radius 3 is 0.824 bits per heavy atom. The molecule has 0 saturated heterocycles. The van der Waals surface area contributed by atoms with Gasteiger partial charge in [-0.15, -0.1) is 0 Å².